The lowest BCUT2D eigenvalue weighted by Gasteiger charge is -2.34. The first kappa shape index (κ1) is 33.0. The van der Waals surface area contributed by atoms with Gasteiger partial charge in [-0.05, 0) is 98.6 Å². The molecule has 0 saturated heterocycles. The van der Waals surface area contributed by atoms with E-state index in [0.29, 0.717) is 0 Å². The minimum Gasteiger partial charge on any atom is -0.456 e. The summed E-state index contributed by atoms with van der Waals surface area (Å²) in [4.78, 5) is 2.44. The zero-order chi connectivity index (χ0) is 37.8. The van der Waals surface area contributed by atoms with Gasteiger partial charge < -0.3 is 9.32 Å². The van der Waals surface area contributed by atoms with Gasteiger partial charge in [-0.15, -0.1) is 0 Å². The van der Waals surface area contributed by atoms with Gasteiger partial charge in [0, 0.05) is 27.7 Å². The van der Waals surface area contributed by atoms with Gasteiger partial charge in [-0.3, -0.25) is 0 Å². The van der Waals surface area contributed by atoms with Gasteiger partial charge >= 0.3 is 0 Å². The van der Waals surface area contributed by atoms with E-state index in [1.165, 1.54) is 44.5 Å². The van der Waals surface area contributed by atoms with Gasteiger partial charge in [-0.2, -0.15) is 0 Å². The van der Waals surface area contributed by atoms with Crippen LogP contribution in [-0.2, 0) is 5.41 Å². The van der Waals surface area contributed by atoms with Crippen LogP contribution >= 0.6 is 0 Å². The summed E-state index contributed by atoms with van der Waals surface area (Å²) < 4.78 is 6.15. The highest BCUT2D eigenvalue weighted by atomic mass is 16.3. The van der Waals surface area contributed by atoms with E-state index < -0.39 is 5.41 Å². The minimum absolute atomic E-state index is 0.493. The van der Waals surface area contributed by atoms with E-state index in [1.807, 2.05) is 12.1 Å². The molecular weight excluding hydrogens is 691 g/mol. The molecule has 0 fully saturated rings. The molecule has 9 aromatic carbocycles. The van der Waals surface area contributed by atoms with Crippen LogP contribution in [0.4, 0.5) is 17.1 Å². The van der Waals surface area contributed by atoms with Crippen LogP contribution < -0.4 is 4.90 Å². The number of rotatable bonds is 7. The molecule has 1 aromatic heterocycles. The second-order valence-corrected chi connectivity index (χ2v) is 14.8. The Kier molecular flexibility index (Phi) is 7.75. The zero-order valence-corrected chi connectivity index (χ0v) is 31.2. The van der Waals surface area contributed by atoms with Crippen LogP contribution in [0.1, 0.15) is 22.3 Å². The Morgan fingerprint density at radius 3 is 1.54 bits per heavy atom. The molecule has 0 saturated carbocycles. The summed E-state index contributed by atoms with van der Waals surface area (Å²) in [6, 6.07) is 81.3. The summed E-state index contributed by atoms with van der Waals surface area (Å²) in [5.41, 5.74) is 16.9. The summed E-state index contributed by atoms with van der Waals surface area (Å²) in [5, 5.41) is 2.27. The Morgan fingerprint density at radius 2 is 0.860 bits per heavy atom. The van der Waals surface area contributed by atoms with Crippen LogP contribution in [-0.4, -0.2) is 0 Å². The van der Waals surface area contributed by atoms with Crippen molar-refractivity contribution >= 4 is 39.0 Å². The Hall–Kier alpha value is -7.42. The standard InChI is InChI=1S/C55H37NO/c1-4-15-38(16-5-1)39-27-32-44(33-28-39)56(45-34-29-40(30-35-45)41-31-36-53-48(37-41)46-21-11-13-26-52(46)57-53)51-25-14-24-50-54(51)47-22-10-12-23-49(47)55(50,42-17-6-2-7-18-42)43-19-8-3-9-20-43/h1-37H. The quantitative estimate of drug-likeness (QED) is 0.163. The molecule has 0 unspecified atom stereocenters. The maximum Gasteiger partial charge on any atom is 0.135 e. The molecule has 10 aromatic rings. The topological polar surface area (TPSA) is 16.4 Å². The first-order chi connectivity index (χ1) is 28.3. The second-order valence-electron chi connectivity index (χ2n) is 14.8. The predicted octanol–water partition coefficient (Wildman–Crippen LogP) is 14.8. The Morgan fingerprint density at radius 1 is 0.351 bits per heavy atom. The fraction of sp³-hybridized carbons (Fsp3) is 0.0182. The van der Waals surface area contributed by atoms with E-state index in [0.717, 1.165) is 50.1 Å². The Balaban J connectivity index is 1.11. The average molecular weight is 728 g/mol. The van der Waals surface area contributed by atoms with Crippen molar-refractivity contribution in [1.29, 1.82) is 0 Å². The molecule has 0 radical (unpaired) electrons. The van der Waals surface area contributed by atoms with Gasteiger partial charge in [0.05, 0.1) is 11.1 Å². The van der Waals surface area contributed by atoms with E-state index in [-0.39, 0.29) is 0 Å². The van der Waals surface area contributed by atoms with Gasteiger partial charge in [0.2, 0.25) is 0 Å². The summed E-state index contributed by atoms with van der Waals surface area (Å²) in [7, 11) is 0. The number of nitrogens with zero attached hydrogens (tertiary/aromatic N) is 1. The molecule has 1 heterocycles. The van der Waals surface area contributed by atoms with Crippen molar-refractivity contribution in [3.05, 3.63) is 247 Å². The maximum atomic E-state index is 6.15. The largest absolute Gasteiger partial charge is 0.456 e. The minimum atomic E-state index is -0.493. The fourth-order valence-electron chi connectivity index (χ4n) is 9.23. The molecule has 1 aliphatic carbocycles. The first-order valence-corrected chi connectivity index (χ1v) is 19.6. The normalized spacial score (nSPS) is 12.7. The number of hydrogen-bond acceptors (Lipinski definition) is 2. The molecule has 268 valence electrons. The lowest BCUT2D eigenvalue weighted by Crippen LogP contribution is -2.28. The lowest BCUT2D eigenvalue weighted by molar-refractivity contribution is 0.669. The van der Waals surface area contributed by atoms with E-state index in [9.17, 15) is 0 Å². The van der Waals surface area contributed by atoms with Gasteiger partial charge in [0.15, 0.2) is 0 Å². The Bertz CT molecular complexity index is 3000. The molecule has 0 spiro atoms. The molecule has 0 N–H and O–H groups in total. The van der Waals surface area contributed by atoms with Gasteiger partial charge in [0.25, 0.3) is 0 Å². The van der Waals surface area contributed by atoms with Crippen molar-refractivity contribution in [2.75, 3.05) is 4.90 Å². The lowest BCUT2D eigenvalue weighted by atomic mass is 9.68. The number of hydrogen-bond donors (Lipinski definition) is 0. The van der Waals surface area contributed by atoms with Crippen LogP contribution in [0.25, 0.3) is 55.3 Å². The number of benzene rings is 9. The van der Waals surface area contributed by atoms with Crippen molar-refractivity contribution in [2.24, 2.45) is 0 Å². The van der Waals surface area contributed by atoms with E-state index in [4.69, 9.17) is 4.42 Å². The van der Waals surface area contributed by atoms with Crippen molar-refractivity contribution in [2.45, 2.75) is 5.41 Å². The van der Waals surface area contributed by atoms with E-state index in [1.54, 1.807) is 0 Å². The zero-order valence-electron chi connectivity index (χ0n) is 31.2. The van der Waals surface area contributed by atoms with Crippen LogP contribution in [0.3, 0.4) is 0 Å². The predicted molar refractivity (Wildman–Crippen MR) is 237 cm³/mol. The third-order valence-corrected chi connectivity index (χ3v) is 11.8. The molecule has 2 nitrogen and oxygen atoms in total. The summed E-state index contributed by atoms with van der Waals surface area (Å²) in [6.45, 7) is 0. The van der Waals surface area contributed by atoms with Gasteiger partial charge in [-0.1, -0.05) is 176 Å². The average Bonchev–Trinajstić information content (AvgIpc) is 3.82. The molecular formula is C55H37NO. The highest BCUT2D eigenvalue weighted by Crippen LogP contribution is 2.59. The SMILES string of the molecule is c1ccc(-c2ccc(N(c3ccc(-c4ccc5oc6ccccc6c5c4)cc3)c3cccc4c3-c3ccccc3C4(c3ccccc3)c3ccccc3)cc2)cc1. The number of para-hydroxylation sites is 1. The number of anilines is 3. The maximum absolute atomic E-state index is 6.15. The monoisotopic (exact) mass is 727 g/mol. The molecule has 0 bridgehead atoms. The van der Waals surface area contributed by atoms with E-state index >= 15 is 0 Å². The smallest absolute Gasteiger partial charge is 0.135 e. The molecule has 11 rings (SSSR count). The second kappa shape index (κ2) is 13.4. The van der Waals surface area contributed by atoms with Gasteiger partial charge in [0.1, 0.15) is 11.2 Å². The van der Waals surface area contributed by atoms with E-state index in [2.05, 4.69) is 217 Å². The highest BCUT2D eigenvalue weighted by Gasteiger charge is 2.47. The third-order valence-electron chi connectivity index (χ3n) is 11.8. The van der Waals surface area contributed by atoms with Crippen LogP contribution in [0.15, 0.2) is 229 Å². The van der Waals surface area contributed by atoms with Crippen LogP contribution in [0.5, 0.6) is 0 Å². The molecule has 2 heteroatoms. The molecule has 0 atom stereocenters. The number of furan rings is 1. The Labute approximate surface area is 332 Å². The van der Waals surface area contributed by atoms with Crippen LogP contribution in [0.2, 0.25) is 0 Å². The summed E-state index contributed by atoms with van der Waals surface area (Å²) in [6.07, 6.45) is 0. The number of fused-ring (bicyclic) bond motifs is 6. The fourth-order valence-corrected chi connectivity index (χ4v) is 9.23. The van der Waals surface area contributed by atoms with Crippen LogP contribution in [0, 0.1) is 0 Å². The molecule has 1 aliphatic rings. The molecule has 57 heavy (non-hydrogen) atoms. The summed E-state index contributed by atoms with van der Waals surface area (Å²) in [5.74, 6) is 0. The van der Waals surface area contributed by atoms with Crippen molar-refractivity contribution in [1.82, 2.24) is 0 Å². The van der Waals surface area contributed by atoms with Crippen molar-refractivity contribution < 1.29 is 4.42 Å². The third kappa shape index (κ3) is 5.26. The molecule has 0 aliphatic heterocycles. The highest BCUT2D eigenvalue weighted by molar-refractivity contribution is 6.06. The van der Waals surface area contributed by atoms with Gasteiger partial charge in [-0.25, -0.2) is 0 Å². The molecule has 0 amide bonds. The van der Waals surface area contributed by atoms with Crippen molar-refractivity contribution in [3.63, 3.8) is 0 Å². The first-order valence-electron chi connectivity index (χ1n) is 19.6. The summed E-state index contributed by atoms with van der Waals surface area (Å²) >= 11 is 0. The van der Waals surface area contributed by atoms with Crippen molar-refractivity contribution in [3.8, 4) is 33.4 Å².